The molecule has 0 atom stereocenters. The Morgan fingerprint density at radius 2 is 1.79 bits per heavy atom. The van der Waals surface area contributed by atoms with E-state index >= 15 is 0 Å². The molecular weight excluding hydrogens is 275 g/mol. The summed E-state index contributed by atoms with van der Waals surface area (Å²) in [6.45, 7) is 0. The number of nitrogens with zero attached hydrogens (tertiary/aromatic N) is 1. The maximum Gasteiger partial charge on any atom is 0.152 e. The molecular formula is C12H8F3N3S. The zero-order chi connectivity index (χ0) is 14.0. The minimum atomic E-state index is -1.04. The van der Waals surface area contributed by atoms with Crippen molar-refractivity contribution in [1.29, 1.82) is 0 Å². The molecule has 19 heavy (non-hydrogen) atoms. The Morgan fingerprint density at radius 1 is 1.16 bits per heavy atom. The summed E-state index contributed by atoms with van der Waals surface area (Å²) in [6, 6.07) is 4.08. The van der Waals surface area contributed by atoms with Crippen molar-refractivity contribution >= 4 is 28.6 Å². The molecule has 0 spiro atoms. The molecule has 1 aromatic heterocycles. The third-order valence-electron chi connectivity index (χ3n) is 2.29. The van der Waals surface area contributed by atoms with Crippen molar-refractivity contribution in [3.63, 3.8) is 0 Å². The molecule has 98 valence electrons. The van der Waals surface area contributed by atoms with Gasteiger partial charge in [-0.1, -0.05) is 12.2 Å². The van der Waals surface area contributed by atoms with Crippen LogP contribution in [0.3, 0.4) is 0 Å². The molecule has 1 aromatic carbocycles. The molecule has 0 unspecified atom stereocenters. The van der Waals surface area contributed by atoms with Crippen molar-refractivity contribution in [2.24, 2.45) is 5.73 Å². The van der Waals surface area contributed by atoms with Crippen LogP contribution in [0.25, 0.3) is 0 Å². The fraction of sp³-hybridized carbons (Fsp3) is 0. The van der Waals surface area contributed by atoms with Gasteiger partial charge >= 0.3 is 0 Å². The number of rotatable bonds is 3. The van der Waals surface area contributed by atoms with Crippen molar-refractivity contribution < 1.29 is 13.2 Å². The van der Waals surface area contributed by atoms with Gasteiger partial charge in [0, 0.05) is 24.0 Å². The lowest BCUT2D eigenvalue weighted by Crippen LogP contribution is -2.11. The Hall–Kier alpha value is -2.15. The van der Waals surface area contributed by atoms with E-state index in [1.165, 1.54) is 18.3 Å². The Kier molecular flexibility index (Phi) is 3.66. The summed E-state index contributed by atoms with van der Waals surface area (Å²) >= 11 is 4.74. The number of hydrogen-bond acceptors (Lipinski definition) is 3. The number of nitrogens with two attached hydrogens (primary N) is 1. The summed E-state index contributed by atoms with van der Waals surface area (Å²) in [5, 5.41) is 2.49. The lowest BCUT2D eigenvalue weighted by Gasteiger charge is -2.09. The Labute approximate surface area is 112 Å². The first-order chi connectivity index (χ1) is 8.97. The van der Waals surface area contributed by atoms with Crippen LogP contribution >= 0.6 is 12.2 Å². The summed E-state index contributed by atoms with van der Waals surface area (Å²) in [5.41, 5.74) is 5.59. The molecule has 0 aliphatic rings. The second kappa shape index (κ2) is 5.23. The number of halogens is 3. The normalized spacial score (nSPS) is 10.3. The average molecular weight is 283 g/mol. The van der Waals surface area contributed by atoms with Crippen LogP contribution in [0.15, 0.2) is 30.5 Å². The van der Waals surface area contributed by atoms with Crippen LogP contribution in [0.4, 0.5) is 24.5 Å². The first-order valence-electron chi connectivity index (χ1n) is 5.15. The van der Waals surface area contributed by atoms with Gasteiger partial charge in [-0.3, -0.25) is 4.98 Å². The largest absolute Gasteiger partial charge is 0.388 e. The first-order valence-corrected chi connectivity index (χ1v) is 5.55. The predicted molar refractivity (Wildman–Crippen MR) is 69.7 cm³/mol. The molecule has 3 nitrogen and oxygen atoms in total. The quantitative estimate of drug-likeness (QED) is 0.850. The van der Waals surface area contributed by atoms with E-state index in [0.29, 0.717) is 23.5 Å². The van der Waals surface area contributed by atoms with Crippen molar-refractivity contribution in [3.05, 3.63) is 53.6 Å². The number of benzene rings is 1. The number of anilines is 2. The van der Waals surface area contributed by atoms with E-state index in [2.05, 4.69) is 10.3 Å². The Morgan fingerprint density at radius 3 is 2.37 bits per heavy atom. The highest BCUT2D eigenvalue weighted by molar-refractivity contribution is 7.80. The van der Waals surface area contributed by atoms with E-state index in [9.17, 15) is 13.2 Å². The molecule has 0 saturated heterocycles. The van der Waals surface area contributed by atoms with Crippen molar-refractivity contribution in [2.75, 3.05) is 5.32 Å². The van der Waals surface area contributed by atoms with Gasteiger partial charge in [0.15, 0.2) is 11.6 Å². The third kappa shape index (κ3) is 3.00. The summed E-state index contributed by atoms with van der Waals surface area (Å²) in [5.74, 6) is -3.06. The maximum atomic E-state index is 13.4. The van der Waals surface area contributed by atoms with Gasteiger partial charge in [0.2, 0.25) is 0 Å². The molecule has 0 aliphatic heterocycles. The van der Waals surface area contributed by atoms with Crippen molar-refractivity contribution in [3.8, 4) is 0 Å². The lowest BCUT2D eigenvalue weighted by atomic mass is 10.2. The molecule has 1 heterocycles. The highest BCUT2D eigenvalue weighted by Crippen LogP contribution is 2.24. The smallest absolute Gasteiger partial charge is 0.152 e. The SMILES string of the molecule is NC(=S)c1cc(Nc2c(F)cc(F)cc2F)ccn1. The molecule has 7 heteroatoms. The predicted octanol–water partition coefficient (Wildman–Crippen LogP) is 2.88. The van der Waals surface area contributed by atoms with Crippen LogP contribution in [-0.2, 0) is 0 Å². The molecule has 0 radical (unpaired) electrons. The van der Waals surface area contributed by atoms with Gasteiger partial charge in [0.1, 0.15) is 16.5 Å². The lowest BCUT2D eigenvalue weighted by molar-refractivity contribution is 0.549. The van der Waals surface area contributed by atoms with Crippen LogP contribution in [-0.4, -0.2) is 9.97 Å². The second-order valence-corrected chi connectivity index (χ2v) is 4.10. The van der Waals surface area contributed by atoms with E-state index in [-0.39, 0.29) is 4.99 Å². The van der Waals surface area contributed by atoms with E-state index < -0.39 is 23.1 Å². The second-order valence-electron chi connectivity index (χ2n) is 3.66. The van der Waals surface area contributed by atoms with Crippen LogP contribution in [0.1, 0.15) is 5.69 Å². The molecule has 0 amide bonds. The minimum Gasteiger partial charge on any atom is -0.388 e. The van der Waals surface area contributed by atoms with E-state index in [1.807, 2.05) is 0 Å². The summed E-state index contributed by atoms with van der Waals surface area (Å²) in [7, 11) is 0. The molecule has 0 aliphatic carbocycles. The van der Waals surface area contributed by atoms with Gasteiger partial charge in [-0.25, -0.2) is 13.2 Å². The number of nitrogens with one attached hydrogen (secondary N) is 1. The van der Waals surface area contributed by atoms with Gasteiger partial charge in [-0.05, 0) is 12.1 Å². The highest BCUT2D eigenvalue weighted by Gasteiger charge is 2.12. The third-order valence-corrected chi connectivity index (χ3v) is 2.50. The van der Waals surface area contributed by atoms with Crippen molar-refractivity contribution in [2.45, 2.75) is 0 Å². The maximum absolute atomic E-state index is 13.4. The molecule has 2 aromatic rings. The standard InChI is InChI=1S/C12H8F3N3S/c13-6-3-8(14)11(9(15)4-6)18-7-1-2-17-10(5-7)12(16)19/h1-5H,(H2,16,19)(H,17,18). The molecule has 0 bridgehead atoms. The summed E-state index contributed by atoms with van der Waals surface area (Å²) in [6.07, 6.45) is 1.39. The fourth-order valence-corrected chi connectivity index (χ4v) is 1.56. The first kappa shape index (κ1) is 13.3. The van der Waals surface area contributed by atoms with E-state index in [1.54, 1.807) is 0 Å². The average Bonchev–Trinajstić information content (AvgIpc) is 2.34. The number of thiocarbonyl (C=S) groups is 1. The summed E-state index contributed by atoms with van der Waals surface area (Å²) in [4.78, 5) is 3.94. The molecule has 0 saturated carbocycles. The van der Waals surface area contributed by atoms with Gasteiger partial charge in [-0.15, -0.1) is 0 Å². The molecule has 2 rings (SSSR count). The van der Waals surface area contributed by atoms with Crippen molar-refractivity contribution in [1.82, 2.24) is 4.98 Å². The summed E-state index contributed by atoms with van der Waals surface area (Å²) < 4.78 is 39.7. The Bertz CT molecular complexity index is 623. The van der Waals surface area contributed by atoms with Crippen LogP contribution in [0.2, 0.25) is 0 Å². The van der Waals surface area contributed by atoms with E-state index in [4.69, 9.17) is 18.0 Å². The van der Waals surface area contributed by atoms with Gasteiger partial charge < -0.3 is 11.1 Å². The number of hydrogen-bond donors (Lipinski definition) is 2. The van der Waals surface area contributed by atoms with E-state index in [0.717, 1.165) is 0 Å². The van der Waals surface area contributed by atoms with Gasteiger partial charge in [0.25, 0.3) is 0 Å². The topological polar surface area (TPSA) is 50.9 Å². The Balaban J connectivity index is 2.36. The zero-order valence-electron chi connectivity index (χ0n) is 9.45. The zero-order valence-corrected chi connectivity index (χ0v) is 10.3. The van der Waals surface area contributed by atoms with Crippen LogP contribution < -0.4 is 11.1 Å². The minimum absolute atomic E-state index is 0.0590. The van der Waals surface area contributed by atoms with Crippen LogP contribution in [0, 0.1) is 17.5 Å². The molecule has 3 N–H and O–H groups in total. The van der Waals surface area contributed by atoms with Crippen LogP contribution in [0.5, 0.6) is 0 Å². The van der Waals surface area contributed by atoms with Gasteiger partial charge in [-0.2, -0.15) is 0 Å². The fourth-order valence-electron chi connectivity index (χ4n) is 1.45. The molecule has 0 fully saturated rings. The van der Waals surface area contributed by atoms with Gasteiger partial charge in [0.05, 0.1) is 5.69 Å². The number of pyridine rings is 1. The monoisotopic (exact) mass is 283 g/mol. The number of aromatic nitrogens is 1. The highest BCUT2D eigenvalue weighted by atomic mass is 32.1.